The van der Waals surface area contributed by atoms with E-state index < -0.39 is 5.60 Å². The van der Waals surface area contributed by atoms with E-state index in [2.05, 4.69) is 0 Å². The van der Waals surface area contributed by atoms with Crippen molar-refractivity contribution >= 4 is 0 Å². The molecule has 2 rings (SSSR count). The van der Waals surface area contributed by atoms with Crippen LogP contribution in [0.2, 0.25) is 0 Å². The first-order chi connectivity index (χ1) is 8.06. The number of hydrogen-bond donors (Lipinski definition) is 1. The van der Waals surface area contributed by atoms with Crippen LogP contribution >= 0.6 is 0 Å². The van der Waals surface area contributed by atoms with Gasteiger partial charge in [-0.25, -0.2) is 0 Å². The molecule has 1 fully saturated rings. The zero-order valence-corrected chi connectivity index (χ0v) is 10.6. The van der Waals surface area contributed by atoms with Crippen molar-refractivity contribution in [1.29, 1.82) is 0 Å². The van der Waals surface area contributed by atoms with Gasteiger partial charge in [0, 0.05) is 11.6 Å². The van der Waals surface area contributed by atoms with Crippen molar-refractivity contribution in [2.75, 3.05) is 21.3 Å². The first-order valence-electron chi connectivity index (χ1n) is 5.59. The maximum absolute atomic E-state index is 10.4. The van der Waals surface area contributed by atoms with Gasteiger partial charge in [0.05, 0.1) is 26.9 Å². The Hall–Kier alpha value is -1.42. The van der Waals surface area contributed by atoms with Crippen LogP contribution in [0.4, 0.5) is 0 Å². The molecule has 4 heteroatoms. The van der Waals surface area contributed by atoms with E-state index in [9.17, 15) is 5.11 Å². The molecule has 1 aromatic rings. The summed E-state index contributed by atoms with van der Waals surface area (Å²) in [5.41, 5.74) is -0.0182. The lowest BCUT2D eigenvalue weighted by molar-refractivity contribution is 0.130. The largest absolute Gasteiger partial charge is 0.496 e. The molecule has 2 unspecified atom stereocenters. The molecule has 2 atom stereocenters. The fourth-order valence-electron chi connectivity index (χ4n) is 2.15. The second kappa shape index (κ2) is 4.11. The molecule has 0 spiro atoms. The standard InChI is InChI=1S/C13H18O4/c1-8-7-13(8,14)9-5-11(16-3)12(17-4)6-10(9)15-2/h5-6,8,14H,7H2,1-4H3. The monoisotopic (exact) mass is 238 g/mol. The van der Waals surface area contributed by atoms with Crippen LogP contribution in [-0.4, -0.2) is 26.4 Å². The molecule has 1 aliphatic carbocycles. The summed E-state index contributed by atoms with van der Waals surface area (Å²) in [6.45, 7) is 2.01. The van der Waals surface area contributed by atoms with Crippen molar-refractivity contribution in [3.63, 3.8) is 0 Å². The normalized spacial score (nSPS) is 26.5. The SMILES string of the molecule is COc1cc(OC)c(C2(O)CC2C)cc1OC. The fraction of sp³-hybridized carbons (Fsp3) is 0.538. The number of benzene rings is 1. The Morgan fingerprint density at radius 2 is 1.53 bits per heavy atom. The van der Waals surface area contributed by atoms with E-state index in [1.54, 1.807) is 33.5 Å². The predicted octanol–water partition coefficient (Wildman–Crippen LogP) is 1.94. The molecule has 1 aromatic carbocycles. The molecule has 1 N–H and O–H groups in total. The van der Waals surface area contributed by atoms with Gasteiger partial charge < -0.3 is 19.3 Å². The average molecular weight is 238 g/mol. The quantitative estimate of drug-likeness (QED) is 0.870. The van der Waals surface area contributed by atoms with Crippen molar-refractivity contribution in [1.82, 2.24) is 0 Å². The third kappa shape index (κ3) is 1.82. The van der Waals surface area contributed by atoms with E-state index in [-0.39, 0.29) is 5.92 Å². The van der Waals surface area contributed by atoms with Crippen molar-refractivity contribution < 1.29 is 19.3 Å². The van der Waals surface area contributed by atoms with Gasteiger partial charge in [-0.05, 0) is 18.4 Å². The summed E-state index contributed by atoms with van der Waals surface area (Å²) in [4.78, 5) is 0. The molecule has 94 valence electrons. The van der Waals surface area contributed by atoms with Crippen molar-refractivity contribution in [2.24, 2.45) is 5.92 Å². The number of hydrogen-bond acceptors (Lipinski definition) is 4. The third-order valence-electron chi connectivity index (χ3n) is 3.44. The topological polar surface area (TPSA) is 47.9 Å². The average Bonchev–Trinajstić information content (AvgIpc) is 2.96. The summed E-state index contributed by atoms with van der Waals surface area (Å²) in [7, 11) is 4.74. The van der Waals surface area contributed by atoms with E-state index in [4.69, 9.17) is 14.2 Å². The first-order valence-corrected chi connectivity index (χ1v) is 5.59. The van der Waals surface area contributed by atoms with Crippen LogP contribution in [0.3, 0.4) is 0 Å². The molecule has 0 saturated heterocycles. The molecular formula is C13H18O4. The Kier molecular flexibility index (Phi) is 2.91. The highest BCUT2D eigenvalue weighted by atomic mass is 16.5. The molecule has 0 aliphatic heterocycles. The Morgan fingerprint density at radius 3 is 1.94 bits per heavy atom. The number of ether oxygens (including phenoxy) is 3. The molecule has 4 nitrogen and oxygen atoms in total. The molecule has 0 amide bonds. The molecule has 0 heterocycles. The van der Waals surface area contributed by atoms with Crippen LogP contribution in [0.5, 0.6) is 17.2 Å². The smallest absolute Gasteiger partial charge is 0.164 e. The number of rotatable bonds is 4. The van der Waals surface area contributed by atoms with Gasteiger partial charge in [-0.2, -0.15) is 0 Å². The van der Waals surface area contributed by atoms with E-state index >= 15 is 0 Å². The van der Waals surface area contributed by atoms with Crippen LogP contribution in [-0.2, 0) is 5.60 Å². The van der Waals surface area contributed by atoms with Crippen LogP contribution in [0.25, 0.3) is 0 Å². The second-order valence-electron chi connectivity index (χ2n) is 4.44. The maximum Gasteiger partial charge on any atom is 0.164 e. The summed E-state index contributed by atoms with van der Waals surface area (Å²) in [6, 6.07) is 3.54. The predicted molar refractivity (Wildman–Crippen MR) is 63.8 cm³/mol. The van der Waals surface area contributed by atoms with Gasteiger partial charge in [0.25, 0.3) is 0 Å². The number of aliphatic hydroxyl groups is 1. The van der Waals surface area contributed by atoms with Gasteiger partial charge in [-0.15, -0.1) is 0 Å². The van der Waals surface area contributed by atoms with Gasteiger partial charge in [0.15, 0.2) is 11.5 Å². The molecule has 1 aliphatic rings. The van der Waals surface area contributed by atoms with Crippen molar-refractivity contribution in [2.45, 2.75) is 18.9 Å². The summed E-state index contributed by atoms with van der Waals surface area (Å²) in [5, 5.41) is 10.4. The Labute approximate surface area is 101 Å². The molecule has 17 heavy (non-hydrogen) atoms. The second-order valence-corrected chi connectivity index (χ2v) is 4.44. The lowest BCUT2D eigenvalue weighted by Crippen LogP contribution is -2.10. The minimum absolute atomic E-state index is 0.245. The lowest BCUT2D eigenvalue weighted by atomic mass is 10.0. The summed E-state index contributed by atoms with van der Waals surface area (Å²) in [6.07, 6.45) is 0.749. The molecule has 0 bridgehead atoms. The fourth-order valence-corrected chi connectivity index (χ4v) is 2.15. The molecular weight excluding hydrogens is 220 g/mol. The van der Waals surface area contributed by atoms with E-state index in [1.807, 2.05) is 6.92 Å². The van der Waals surface area contributed by atoms with Gasteiger partial charge in [-0.1, -0.05) is 6.92 Å². The first kappa shape index (κ1) is 12.0. The van der Waals surface area contributed by atoms with Gasteiger partial charge >= 0.3 is 0 Å². The molecule has 0 aromatic heterocycles. The number of methoxy groups -OCH3 is 3. The summed E-state index contributed by atoms with van der Waals surface area (Å²) < 4.78 is 15.8. The highest BCUT2D eigenvalue weighted by Crippen LogP contribution is 2.55. The van der Waals surface area contributed by atoms with Crippen LogP contribution in [0.1, 0.15) is 18.9 Å². The van der Waals surface area contributed by atoms with Crippen molar-refractivity contribution in [3.05, 3.63) is 17.7 Å². The van der Waals surface area contributed by atoms with Crippen molar-refractivity contribution in [3.8, 4) is 17.2 Å². The Balaban J connectivity index is 2.51. The zero-order valence-electron chi connectivity index (χ0n) is 10.6. The lowest BCUT2D eigenvalue weighted by Gasteiger charge is -2.17. The molecule has 0 radical (unpaired) electrons. The van der Waals surface area contributed by atoms with Crippen LogP contribution in [0.15, 0.2) is 12.1 Å². The van der Waals surface area contributed by atoms with E-state index in [0.717, 1.165) is 12.0 Å². The Morgan fingerprint density at radius 1 is 1.06 bits per heavy atom. The van der Waals surface area contributed by atoms with Gasteiger partial charge in [-0.3, -0.25) is 0 Å². The summed E-state index contributed by atoms with van der Waals surface area (Å²) in [5.74, 6) is 2.09. The van der Waals surface area contributed by atoms with Crippen LogP contribution < -0.4 is 14.2 Å². The maximum atomic E-state index is 10.4. The van der Waals surface area contributed by atoms with Gasteiger partial charge in [0.1, 0.15) is 5.75 Å². The van der Waals surface area contributed by atoms with Crippen LogP contribution in [0, 0.1) is 5.92 Å². The minimum Gasteiger partial charge on any atom is -0.496 e. The highest BCUT2D eigenvalue weighted by Gasteiger charge is 2.52. The van der Waals surface area contributed by atoms with E-state index in [1.165, 1.54) is 0 Å². The summed E-state index contributed by atoms with van der Waals surface area (Å²) >= 11 is 0. The zero-order chi connectivity index (χ0) is 12.6. The highest BCUT2D eigenvalue weighted by molar-refractivity contribution is 5.54. The van der Waals surface area contributed by atoms with E-state index in [0.29, 0.717) is 17.2 Å². The van der Waals surface area contributed by atoms with Gasteiger partial charge in [0.2, 0.25) is 0 Å². The molecule has 1 saturated carbocycles. The third-order valence-corrected chi connectivity index (χ3v) is 3.44. The minimum atomic E-state index is -0.787. The Bertz CT molecular complexity index is 430.